The molecule has 0 radical (unpaired) electrons. The average Bonchev–Trinajstić information content (AvgIpc) is 2.84. The Labute approximate surface area is 111 Å². The zero-order valence-corrected chi connectivity index (χ0v) is 10.9. The zero-order chi connectivity index (χ0) is 13.0. The first kappa shape index (κ1) is 13.2. The Morgan fingerprint density at radius 2 is 2.17 bits per heavy atom. The number of halogens is 1. The summed E-state index contributed by atoms with van der Waals surface area (Å²) in [5, 5.41) is 3.24. The van der Waals surface area contributed by atoms with Gasteiger partial charge in [-0.05, 0) is 31.0 Å². The molecule has 1 saturated carbocycles. The molecule has 3 N–H and O–H groups in total. The number of nitrogens with two attached hydrogens (primary N) is 1. The first-order valence-electron chi connectivity index (χ1n) is 6.11. The summed E-state index contributed by atoms with van der Waals surface area (Å²) >= 11 is 5.84. The molecule has 0 bridgehead atoms. The third-order valence-electron chi connectivity index (χ3n) is 3.04. The predicted molar refractivity (Wildman–Crippen MR) is 72.7 cm³/mol. The minimum absolute atomic E-state index is 0.0661. The van der Waals surface area contributed by atoms with E-state index in [0.717, 1.165) is 12.8 Å². The highest BCUT2D eigenvalue weighted by Crippen LogP contribution is 2.23. The lowest BCUT2D eigenvalue weighted by atomic mass is 10.2. The fraction of sp³-hybridized carbons (Fsp3) is 0.462. The Bertz CT molecular complexity index is 431. The number of nitrogens with one attached hydrogen (secondary N) is 1. The summed E-state index contributed by atoms with van der Waals surface area (Å²) in [5.41, 5.74) is 6.77. The van der Waals surface area contributed by atoms with Crippen LogP contribution in [0.1, 0.15) is 25.7 Å². The Hall–Kier alpha value is -1.26. The second-order valence-electron chi connectivity index (χ2n) is 4.50. The molecule has 2 rings (SSSR count). The molecule has 1 fully saturated rings. The molecule has 0 saturated heterocycles. The fourth-order valence-corrected chi connectivity index (χ4v) is 2.24. The van der Waals surface area contributed by atoms with Crippen molar-refractivity contribution in [1.82, 2.24) is 0 Å². The lowest BCUT2D eigenvalue weighted by molar-refractivity contribution is -0.122. The van der Waals surface area contributed by atoms with Crippen molar-refractivity contribution >= 4 is 28.9 Å². The minimum atomic E-state index is -0.198. The molecule has 0 spiro atoms. The molecular formula is C13H17ClN2O2. The lowest BCUT2D eigenvalue weighted by Crippen LogP contribution is -2.22. The summed E-state index contributed by atoms with van der Waals surface area (Å²) in [7, 11) is 0. The molecule has 0 heterocycles. The van der Waals surface area contributed by atoms with Crippen molar-refractivity contribution in [1.29, 1.82) is 0 Å². The van der Waals surface area contributed by atoms with Gasteiger partial charge in [0.1, 0.15) is 6.61 Å². The average molecular weight is 269 g/mol. The van der Waals surface area contributed by atoms with Gasteiger partial charge in [0.05, 0.1) is 17.5 Å². The number of carbonyl (C=O) groups is 1. The number of ether oxygens (including phenoxy) is 1. The Kier molecular flexibility index (Phi) is 4.44. The van der Waals surface area contributed by atoms with Gasteiger partial charge < -0.3 is 15.8 Å². The maximum atomic E-state index is 11.7. The van der Waals surface area contributed by atoms with E-state index in [1.165, 1.54) is 12.8 Å². The van der Waals surface area contributed by atoms with Crippen molar-refractivity contribution in [2.75, 3.05) is 17.7 Å². The number of hydrogen-bond acceptors (Lipinski definition) is 3. The van der Waals surface area contributed by atoms with Crippen LogP contribution in [0.3, 0.4) is 0 Å². The second-order valence-corrected chi connectivity index (χ2v) is 4.93. The lowest BCUT2D eigenvalue weighted by Gasteiger charge is -2.12. The van der Waals surface area contributed by atoms with Gasteiger partial charge in [0.25, 0.3) is 0 Å². The van der Waals surface area contributed by atoms with Gasteiger partial charge in [-0.3, -0.25) is 4.79 Å². The molecule has 0 aromatic heterocycles. The Balaban J connectivity index is 1.84. The monoisotopic (exact) mass is 268 g/mol. The van der Waals surface area contributed by atoms with Gasteiger partial charge in [-0.15, -0.1) is 0 Å². The normalized spacial score (nSPS) is 15.8. The molecule has 1 aliphatic carbocycles. The van der Waals surface area contributed by atoms with Crippen LogP contribution in [0.25, 0.3) is 0 Å². The zero-order valence-electron chi connectivity index (χ0n) is 10.1. The molecule has 1 amide bonds. The van der Waals surface area contributed by atoms with E-state index in [0.29, 0.717) is 16.4 Å². The highest BCUT2D eigenvalue weighted by Gasteiger charge is 2.16. The number of carbonyl (C=O) groups excluding carboxylic acids is 1. The second kappa shape index (κ2) is 6.07. The standard InChI is InChI=1S/C13H17ClN2O2/c14-9-5-6-11(15)12(7-9)16-13(17)8-18-10-3-1-2-4-10/h5-7,10H,1-4,8,15H2,(H,16,17). The van der Waals surface area contributed by atoms with Crippen molar-refractivity contribution in [3.63, 3.8) is 0 Å². The SMILES string of the molecule is Nc1ccc(Cl)cc1NC(=O)COC1CCCC1. The Morgan fingerprint density at radius 3 is 2.89 bits per heavy atom. The van der Waals surface area contributed by atoms with E-state index >= 15 is 0 Å². The van der Waals surface area contributed by atoms with Gasteiger partial charge in [-0.2, -0.15) is 0 Å². The largest absolute Gasteiger partial charge is 0.397 e. The van der Waals surface area contributed by atoms with Crippen LogP contribution >= 0.6 is 11.6 Å². The molecule has 18 heavy (non-hydrogen) atoms. The summed E-state index contributed by atoms with van der Waals surface area (Å²) in [5.74, 6) is -0.198. The van der Waals surface area contributed by atoms with Crippen LogP contribution in [0.2, 0.25) is 5.02 Å². The van der Waals surface area contributed by atoms with Crippen LogP contribution in [0.4, 0.5) is 11.4 Å². The fourth-order valence-electron chi connectivity index (χ4n) is 2.07. The molecule has 1 aromatic rings. The molecule has 4 nitrogen and oxygen atoms in total. The molecule has 1 aromatic carbocycles. The van der Waals surface area contributed by atoms with Crippen LogP contribution in [0, 0.1) is 0 Å². The minimum Gasteiger partial charge on any atom is -0.397 e. The topological polar surface area (TPSA) is 64.3 Å². The highest BCUT2D eigenvalue weighted by molar-refractivity contribution is 6.31. The quantitative estimate of drug-likeness (QED) is 0.826. The summed E-state index contributed by atoms with van der Waals surface area (Å²) in [6.07, 6.45) is 4.70. The maximum Gasteiger partial charge on any atom is 0.250 e. The first-order valence-corrected chi connectivity index (χ1v) is 6.49. The highest BCUT2D eigenvalue weighted by atomic mass is 35.5. The van der Waals surface area contributed by atoms with Crippen LogP contribution in [0.15, 0.2) is 18.2 Å². The van der Waals surface area contributed by atoms with E-state index in [4.69, 9.17) is 22.1 Å². The molecule has 1 aliphatic rings. The smallest absolute Gasteiger partial charge is 0.250 e. The van der Waals surface area contributed by atoms with Crippen molar-refractivity contribution in [3.8, 4) is 0 Å². The van der Waals surface area contributed by atoms with E-state index in [2.05, 4.69) is 5.32 Å². The summed E-state index contributed by atoms with van der Waals surface area (Å²) in [6.45, 7) is 0.0661. The third kappa shape index (κ3) is 3.62. The van der Waals surface area contributed by atoms with Crippen molar-refractivity contribution in [2.24, 2.45) is 0 Å². The number of benzene rings is 1. The molecule has 0 atom stereocenters. The molecule has 98 valence electrons. The number of anilines is 2. The summed E-state index contributed by atoms with van der Waals surface area (Å²) < 4.78 is 5.52. The van der Waals surface area contributed by atoms with Gasteiger partial charge in [0.2, 0.25) is 5.91 Å². The van der Waals surface area contributed by atoms with Crippen LogP contribution in [-0.2, 0) is 9.53 Å². The third-order valence-corrected chi connectivity index (χ3v) is 3.28. The van der Waals surface area contributed by atoms with Crippen molar-refractivity contribution in [2.45, 2.75) is 31.8 Å². The maximum absolute atomic E-state index is 11.7. The van der Waals surface area contributed by atoms with Crippen molar-refractivity contribution < 1.29 is 9.53 Å². The van der Waals surface area contributed by atoms with E-state index in [1.807, 2.05) is 0 Å². The van der Waals surface area contributed by atoms with Gasteiger partial charge in [0.15, 0.2) is 0 Å². The van der Waals surface area contributed by atoms with Crippen LogP contribution < -0.4 is 11.1 Å². The van der Waals surface area contributed by atoms with E-state index in [-0.39, 0.29) is 18.6 Å². The number of amides is 1. The van der Waals surface area contributed by atoms with E-state index in [1.54, 1.807) is 18.2 Å². The van der Waals surface area contributed by atoms with Gasteiger partial charge in [-0.1, -0.05) is 24.4 Å². The number of rotatable bonds is 4. The summed E-state index contributed by atoms with van der Waals surface area (Å²) in [6, 6.07) is 4.97. The van der Waals surface area contributed by atoms with Crippen molar-refractivity contribution in [3.05, 3.63) is 23.2 Å². The Morgan fingerprint density at radius 1 is 1.44 bits per heavy atom. The summed E-state index contributed by atoms with van der Waals surface area (Å²) in [4.78, 5) is 11.7. The first-order chi connectivity index (χ1) is 8.65. The van der Waals surface area contributed by atoms with Gasteiger partial charge in [-0.25, -0.2) is 0 Å². The van der Waals surface area contributed by atoms with Gasteiger partial charge >= 0.3 is 0 Å². The molecule has 0 aliphatic heterocycles. The van der Waals surface area contributed by atoms with Crippen LogP contribution in [0.5, 0.6) is 0 Å². The molecular weight excluding hydrogens is 252 g/mol. The molecule has 0 unspecified atom stereocenters. The number of hydrogen-bond donors (Lipinski definition) is 2. The molecule has 5 heteroatoms. The van der Waals surface area contributed by atoms with E-state index < -0.39 is 0 Å². The van der Waals surface area contributed by atoms with Crippen LogP contribution in [-0.4, -0.2) is 18.6 Å². The van der Waals surface area contributed by atoms with Gasteiger partial charge in [0, 0.05) is 5.02 Å². The predicted octanol–water partition coefficient (Wildman–Crippen LogP) is 2.82. The van der Waals surface area contributed by atoms with E-state index in [9.17, 15) is 4.79 Å². The number of nitrogen functional groups attached to an aromatic ring is 1.